The number of hydrogen-bond donors (Lipinski definition) is 0. The van der Waals surface area contributed by atoms with Gasteiger partial charge in [0.2, 0.25) is 5.95 Å². The van der Waals surface area contributed by atoms with Gasteiger partial charge in [-0.05, 0) is 53.2 Å². The molecule has 4 heterocycles. The summed E-state index contributed by atoms with van der Waals surface area (Å²) in [5.74, 6) is 0.617. The lowest BCUT2D eigenvalue weighted by Gasteiger charge is -2.12. The molecule has 5 heteroatoms. The van der Waals surface area contributed by atoms with Crippen LogP contribution in [0.3, 0.4) is 0 Å². The van der Waals surface area contributed by atoms with Crippen molar-refractivity contribution in [3.63, 3.8) is 0 Å². The van der Waals surface area contributed by atoms with Crippen LogP contribution in [0.5, 0.6) is 0 Å². The van der Waals surface area contributed by atoms with E-state index in [-0.39, 0.29) is 0 Å². The predicted molar refractivity (Wildman–Crippen MR) is 196 cm³/mol. The Morgan fingerprint density at radius 1 is 0.500 bits per heavy atom. The smallest absolute Gasteiger partial charge is 0.235 e. The van der Waals surface area contributed by atoms with Crippen LogP contribution in [-0.4, -0.2) is 18.9 Å². The van der Waals surface area contributed by atoms with E-state index >= 15 is 0 Å². The lowest BCUT2D eigenvalue weighted by Crippen LogP contribution is -2.03. The number of para-hydroxylation sites is 3. The van der Waals surface area contributed by atoms with Crippen LogP contribution in [0, 0.1) is 11.3 Å². The summed E-state index contributed by atoms with van der Waals surface area (Å²) in [6, 6.07) is 51.0. The van der Waals surface area contributed by atoms with E-state index in [0.717, 1.165) is 38.6 Å². The Labute approximate surface area is 273 Å². The molecule has 0 aliphatic carbocycles. The molecule has 0 N–H and O–H groups in total. The van der Waals surface area contributed by atoms with Crippen LogP contribution in [0.2, 0.25) is 0 Å². The van der Waals surface area contributed by atoms with Crippen molar-refractivity contribution in [2.24, 2.45) is 0 Å². The molecule has 220 valence electrons. The molecular weight excluding hydrogens is 587 g/mol. The summed E-state index contributed by atoms with van der Waals surface area (Å²) in [7, 11) is 0. The third kappa shape index (κ3) is 3.18. The van der Waals surface area contributed by atoms with E-state index in [1.165, 1.54) is 54.3 Å². The molecule has 0 unspecified atom stereocenters. The van der Waals surface area contributed by atoms with Gasteiger partial charge in [-0.15, -0.1) is 0 Å². The Kier molecular flexibility index (Phi) is 4.85. The molecule has 0 aliphatic rings. The van der Waals surface area contributed by atoms with Crippen LogP contribution in [0.4, 0.5) is 0 Å². The van der Waals surface area contributed by atoms with E-state index < -0.39 is 0 Å². The molecule has 5 nitrogen and oxygen atoms in total. The van der Waals surface area contributed by atoms with Crippen LogP contribution in [0.1, 0.15) is 5.56 Å². The zero-order valence-corrected chi connectivity index (χ0v) is 25.5. The monoisotopic (exact) mass is 609 g/mol. The van der Waals surface area contributed by atoms with Crippen molar-refractivity contribution in [3.8, 4) is 23.3 Å². The molecule has 48 heavy (non-hydrogen) atoms. The fraction of sp³-hybridized carbons (Fsp3) is 0. The summed E-state index contributed by atoms with van der Waals surface area (Å²) in [5, 5.41) is 20.1. The summed E-state index contributed by atoms with van der Waals surface area (Å²) in [6.07, 6.45) is 0. The Morgan fingerprint density at radius 3 is 1.98 bits per heavy atom. The molecule has 11 aromatic rings. The highest BCUT2D eigenvalue weighted by Gasteiger charge is 2.26. The van der Waals surface area contributed by atoms with Crippen LogP contribution < -0.4 is 0 Å². The molecule has 0 spiro atoms. The maximum absolute atomic E-state index is 9.47. The third-order valence-corrected chi connectivity index (χ3v) is 10.1. The number of hydrogen-bond acceptors (Lipinski definition) is 3. The van der Waals surface area contributed by atoms with Crippen molar-refractivity contribution in [1.82, 2.24) is 18.9 Å². The second kappa shape index (κ2) is 9.16. The highest BCUT2D eigenvalue weighted by atomic mass is 15.2. The number of nitriles is 1. The van der Waals surface area contributed by atoms with Crippen LogP contribution in [-0.2, 0) is 0 Å². The first-order chi connectivity index (χ1) is 23.8. The average molecular weight is 610 g/mol. The van der Waals surface area contributed by atoms with Crippen molar-refractivity contribution in [2.45, 2.75) is 0 Å². The summed E-state index contributed by atoms with van der Waals surface area (Å²) < 4.78 is 4.73. The Balaban J connectivity index is 1.39. The minimum atomic E-state index is 0.617. The maximum Gasteiger partial charge on any atom is 0.235 e. The van der Waals surface area contributed by atoms with Gasteiger partial charge in [0.1, 0.15) is 0 Å². The van der Waals surface area contributed by atoms with E-state index in [1.54, 1.807) is 0 Å². The number of benzene rings is 7. The molecule has 0 atom stereocenters. The molecule has 7 aromatic carbocycles. The Hall–Kier alpha value is -6.77. The largest absolute Gasteiger partial charge is 0.308 e. The van der Waals surface area contributed by atoms with Crippen molar-refractivity contribution in [2.75, 3.05) is 0 Å². The van der Waals surface area contributed by atoms with E-state index in [9.17, 15) is 5.26 Å². The Bertz CT molecular complexity index is 3170. The summed E-state index contributed by atoms with van der Waals surface area (Å²) >= 11 is 0. The van der Waals surface area contributed by atoms with Gasteiger partial charge in [-0.2, -0.15) is 5.26 Å². The quantitative estimate of drug-likeness (QED) is 0.196. The van der Waals surface area contributed by atoms with E-state index in [2.05, 4.69) is 118 Å². The molecule has 0 bridgehead atoms. The molecular formula is C43H23N5. The van der Waals surface area contributed by atoms with E-state index in [0.29, 0.717) is 11.5 Å². The molecule has 0 saturated heterocycles. The van der Waals surface area contributed by atoms with Crippen LogP contribution >= 0.6 is 0 Å². The van der Waals surface area contributed by atoms with Gasteiger partial charge in [0.25, 0.3) is 0 Å². The van der Waals surface area contributed by atoms with Crippen LogP contribution in [0.25, 0.3) is 98.8 Å². The Morgan fingerprint density at radius 2 is 1.17 bits per heavy atom. The molecule has 11 rings (SSSR count). The van der Waals surface area contributed by atoms with Gasteiger partial charge in [-0.1, -0.05) is 97.1 Å². The molecule has 0 fully saturated rings. The first kappa shape index (κ1) is 25.4. The highest BCUT2D eigenvalue weighted by Crippen LogP contribution is 2.47. The molecule has 0 saturated carbocycles. The second-order valence-electron chi connectivity index (χ2n) is 12.5. The normalized spacial score (nSPS) is 12.1. The maximum atomic E-state index is 9.47. The number of nitrogens with zero attached hydrogens (tertiary/aromatic N) is 5. The number of rotatable bonds is 2. The van der Waals surface area contributed by atoms with Gasteiger partial charge in [0.15, 0.2) is 0 Å². The van der Waals surface area contributed by atoms with Crippen molar-refractivity contribution >= 4 is 81.6 Å². The molecule has 0 aliphatic heterocycles. The minimum absolute atomic E-state index is 0.617. The lowest BCUT2D eigenvalue weighted by atomic mass is 10.00. The molecule has 4 aromatic heterocycles. The van der Waals surface area contributed by atoms with Gasteiger partial charge in [0.05, 0.1) is 50.4 Å². The highest BCUT2D eigenvalue weighted by molar-refractivity contribution is 6.37. The van der Waals surface area contributed by atoms with Gasteiger partial charge in [0, 0.05) is 43.3 Å². The topological polar surface area (TPSA) is 58.9 Å². The predicted octanol–water partition coefficient (Wildman–Crippen LogP) is 10.6. The standard InChI is InChI=1S/C43H23N5/c44-24-25-17-19-27(20-18-25)40-31-13-3-6-14-34(31)45-43(46-40)48-36-16-8-5-12-30(36)33-23-32-29-11-4-7-15-35(29)47-37-22-21-26-9-1-2-10-28(26)38(37)39(41(32)47)42(33)48/h1-23H. The van der Waals surface area contributed by atoms with Gasteiger partial charge in [-0.3, -0.25) is 4.57 Å². The zero-order valence-electron chi connectivity index (χ0n) is 25.5. The van der Waals surface area contributed by atoms with Gasteiger partial charge >= 0.3 is 0 Å². The summed E-state index contributed by atoms with van der Waals surface area (Å²) in [4.78, 5) is 10.6. The number of aromatic nitrogens is 4. The lowest BCUT2D eigenvalue weighted by molar-refractivity contribution is 1.02. The summed E-state index contributed by atoms with van der Waals surface area (Å²) in [6.45, 7) is 0. The zero-order chi connectivity index (χ0) is 31.5. The van der Waals surface area contributed by atoms with E-state index in [4.69, 9.17) is 9.97 Å². The molecule has 0 amide bonds. The molecule has 0 radical (unpaired) electrons. The van der Waals surface area contributed by atoms with Crippen molar-refractivity contribution in [1.29, 1.82) is 5.26 Å². The number of fused-ring (bicyclic) bond motifs is 13. The summed E-state index contributed by atoms with van der Waals surface area (Å²) in [5.41, 5.74) is 9.03. The van der Waals surface area contributed by atoms with E-state index in [1.807, 2.05) is 36.4 Å². The van der Waals surface area contributed by atoms with Gasteiger partial charge in [-0.25, -0.2) is 9.97 Å². The van der Waals surface area contributed by atoms with Crippen molar-refractivity contribution < 1.29 is 0 Å². The van der Waals surface area contributed by atoms with Gasteiger partial charge < -0.3 is 4.40 Å². The second-order valence-corrected chi connectivity index (χ2v) is 12.5. The first-order valence-corrected chi connectivity index (χ1v) is 16.1. The fourth-order valence-electron chi connectivity index (χ4n) is 8.06. The first-order valence-electron chi connectivity index (χ1n) is 16.1. The minimum Gasteiger partial charge on any atom is -0.308 e. The fourth-order valence-corrected chi connectivity index (χ4v) is 8.06. The third-order valence-electron chi connectivity index (χ3n) is 10.1. The average Bonchev–Trinajstić information content (AvgIpc) is 3.79. The SMILES string of the molecule is N#Cc1ccc(-c2nc(-n3c4ccccc4c4cc5c6ccccc6n6c7ccc8ccccc8c7c(c43)c56)nc3ccccc23)cc1. The van der Waals surface area contributed by atoms with Crippen molar-refractivity contribution in [3.05, 3.63) is 145 Å². The van der Waals surface area contributed by atoms with Crippen LogP contribution in [0.15, 0.2) is 140 Å².